The smallest absolute Gasteiger partial charge is 0.253 e. The molecule has 0 aliphatic heterocycles. The van der Waals surface area contributed by atoms with Crippen molar-refractivity contribution in [2.45, 2.75) is 31.8 Å². The summed E-state index contributed by atoms with van der Waals surface area (Å²) in [6.45, 7) is 1.69. The van der Waals surface area contributed by atoms with Gasteiger partial charge in [-0.25, -0.2) is 0 Å². The number of hydrogen-bond donors (Lipinski definition) is 1. The van der Waals surface area contributed by atoms with Crippen LogP contribution >= 0.6 is 0 Å². The topological polar surface area (TPSA) is 55.6 Å². The van der Waals surface area contributed by atoms with Gasteiger partial charge in [0.2, 0.25) is 0 Å². The third-order valence-electron chi connectivity index (χ3n) is 4.66. The van der Waals surface area contributed by atoms with E-state index in [4.69, 9.17) is 10.5 Å². The summed E-state index contributed by atoms with van der Waals surface area (Å²) >= 11 is 0. The van der Waals surface area contributed by atoms with Crippen molar-refractivity contribution in [3.8, 4) is 5.75 Å². The fourth-order valence-electron chi connectivity index (χ4n) is 2.92. The molecule has 0 atom stereocenters. The van der Waals surface area contributed by atoms with Crippen LogP contribution in [0.2, 0.25) is 0 Å². The van der Waals surface area contributed by atoms with Gasteiger partial charge >= 0.3 is 0 Å². The van der Waals surface area contributed by atoms with Crippen LogP contribution in [0, 0.1) is 0 Å². The molecule has 2 aromatic rings. The Morgan fingerprint density at radius 2 is 1.76 bits per heavy atom. The van der Waals surface area contributed by atoms with Gasteiger partial charge in [0.05, 0.1) is 6.10 Å². The first kappa shape index (κ1) is 17.5. The number of benzene rings is 2. The number of nitrogens with zero attached hydrogens (tertiary/aromatic N) is 1. The first-order chi connectivity index (χ1) is 12.3. The third kappa shape index (κ3) is 4.83. The first-order valence-electron chi connectivity index (χ1n) is 9.06. The summed E-state index contributed by atoms with van der Waals surface area (Å²) in [6.07, 6.45) is 4.68. The molecule has 0 aromatic heterocycles. The van der Waals surface area contributed by atoms with E-state index in [0.717, 1.165) is 25.0 Å². The molecular formula is C21H26N2O2. The van der Waals surface area contributed by atoms with Crippen molar-refractivity contribution in [1.82, 2.24) is 4.90 Å². The molecule has 0 heterocycles. The second-order valence-electron chi connectivity index (χ2n) is 6.51. The fourth-order valence-corrected chi connectivity index (χ4v) is 2.92. The minimum Gasteiger partial charge on any atom is -0.490 e. The zero-order chi connectivity index (χ0) is 17.5. The number of carbonyl (C=O) groups excluding carboxylic acids is 1. The summed E-state index contributed by atoms with van der Waals surface area (Å²) in [6, 6.07) is 17.7. The molecule has 3 rings (SSSR count). The van der Waals surface area contributed by atoms with Gasteiger partial charge in [0.15, 0.2) is 0 Å². The lowest BCUT2D eigenvalue weighted by Gasteiger charge is -2.26. The summed E-state index contributed by atoms with van der Waals surface area (Å²) in [5, 5.41) is 0. The second kappa shape index (κ2) is 8.67. The Hall–Kier alpha value is -2.33. The number of carbonyl (C=O) groups is 1. The summed E-state index contributed by atoms with van der Waals surface area (Å²) < 4.78 is 5.85. The molecule has 1 saturated carbocycles. The van der Waals surface area contributed by atoms with Gasteiger partial charge in [0.1, 0.15) is 5.75 Å². The normalized spacial score (nSPS) is 14.0. The van der Waals surface area contributed by atoms with Crippen LogP contribution in [0.25, 0.3) is 0 Å². The second-order valence-corrected chi connectivity index (χ2v) is 6.51. The zero-order valence-electron chi connectivity index (χ0n) is 14.6. The van der Waals surface area contributed by atoms with Crippen molar-refractivity contribution < 1.29 is 9.53 Å². The van der Waals surface area contributed by atoms with Crippen molar-refractivity contribution in [3.05, 3.63) is 65.7 Å². The number of hydrogen-bond acceptors (Lipinski definition) is 3. The van der Waals surface area contributed by atoms with E-state index >= 15 is 0 Å². The molecule has 1 amide bonds. The van der Waals surface area contributed by atoms with E-state index in [2.05, 4.69) is 12.1 Å². The van der Waals surface area contributed by atoms with Crippen molar-refractivity contribution in [2.75, 3.05) is 19.6 Å². The van der Waals surface area contributed by atoms with Crippen molar-refractivity contribution in [3.63, 3.8) is 0 Å². The number of ether oxygens (including phenoxy) is 1. The van der Waals surface area contributed by atoms with Crippen LogP contribution in [0.3, 0.4) is 0 Å². The monoisotopic (exact) mass is 338 g/mol. The maximum absolute atomic E-state index is 12.8. The molecule has 4 heteroatoms. The van der Waals surface area contributed by atoms with Crippen molar-refractivity contribution >= 4 is 5.91 Å². The molecular weight excluding hydrogens is 312 g/mol. The highest BCUT2D eigenvalue weighted by Gasteiger charge is 2.19. The highest BCUT2D eigenvalue weighted by atomic mass is 16.5. The average Bonchev–Trinajstić information content (AvgIpc) is 2.62. The molecule has 0 bridgehead atoms. The molecule has 0 saturated heterocycles. The Morgan fingerprint density at radius 1 is 1.04 bits per heavy atom. The Labute approximate surface area is 149 Å². The van der Waals surface area contributed by atoms with Crippen molar-refractivity contribution in [2.24, 2.45) is 5.73 Å². The van der Waals surface area contributed by atoms with Crippen LogP contribution in [-0.2, 0) is 6.42 Å². The molecule has 2 N–H and O–H groups in total. The number of nitrogens with two attached hydrogens (primary N) is 1. The lowest BCUT2D eigenvalue weighted by molar-refractivity contribution is 0.0762. The summed E-state index contributed by atoms with van der Waals surface area (Å²) in [5.41, 5.74) is 7.61. The van der Waals surface area contributed by atoms with E-state index in [1.54, 1.807) is 0 Å². The van der Waals surface area contributed by atoms with E-state index in [-0.39, 0.29) is 5.91 Å². The highest BCUT2D eigenvalue weighted by molar-refractivity contribution is 5.94. The van der Waals surface area contributed by atoms with Gasteiger partial charge in [-0.3, -0.25) is 4.79 Å². The van der Waals surface area contributed by atoms with Crippen LogP contribution in [0.4, 0.5) is 0 Å². The predicted molar refractivity (Wildman–Crippen MR) is 99.8 cm³/mol. The van der Waals surface area contributed by atoms with E-state index in [9.17, 15) is 4.79 Å². The molecule has 132 valence electrons. The van der Waals surface area contributed by atoms with Crippen LogP contribution in [-0.4, -0.2) is 36.5 Å². The molecule has 1 fully saturated rings. The molecule has 2 aromatic carbocycles. The maximum Gasteiger partial charge on any atom is 0.253 e. The molecule has 0 radical (unpaired) electrons. The van der Waals surface area contributed by atoms with Crippen LogP contribution in [0.15, 0.2) is 54.6 Å². The Bertz CT molecular complexity index is 666. The average molecular weight is 338 g/mol. The Kier molecular flexibility index (Phi) is 6.07. The van der Waals surface area contributed by atoms with E-state index < -0.39 is 0 Å². The lowest BCUT2D eigenvalue weighted by Crippen LogP contribution is -2.36. The molecule has 1 aliphatic carbocycles. The van der Waals surface area contributed by atoms with Gasteiger partial charge in [-0.2, -0.15) is 0 Å². The third-order valence-corrected chi connectivity index (χ3v) is 4.66. The van der Waals surface area contributed by atoms with Gasteiger partial charge in [-0.05, 0) is 55.5 Å². The van der Waals surface area contributed by atoms with Gasteiger partial charge in [0, 0.05) is 25.2 Å². The summed E-state index contributed by atoms with van der Waals surface area (Å²) in [7, 11) is 0. The quantitative estimate of drug-likeness (QED) is 0.804. The SMILES string of the molecule is NCCN(CCc1ccccc1)C(=O)c1ccc(OC2CCC2)cc1. The van der Waals surface area contributed by atoms with Gasteiger partial charge in [0.25, 0.3) is 5.91 Å². The van der Waals surface area contributed by atoms with Gasteiger partial charge < -0.3 is 15.4 Å². The highest BCUT2D eigenvalue weighted by Crippen LogP contribution is 2.25. The first-order valence-corrected chi connectivity index (χ1v) is 9.06. The van der Waals surface area contributed by atoms with Crippen molar-refractivity contribution in [1.29, 1.82) is 0 Å². The van der Waals surface area contributed by atoms with Crippen LogP contribution < -0.4 is 10.5 Å². The number of rotatable bonds is 8. The standard InChI is InChI=1S/C21H26N2O2/c22-14-16-23(15-13-17-5-2-1-3-6-17)21(24)18-9-11-20(12-10-18)25-19-7-4-8-19/h1-3,5-6,9-12,19H,4,7-8,13-16,22H2. The number of amides is 1. The van der Waals surface area contributed by atoms with Crippen LogP contribution in [0.1, 0.15) is 35.2 Å². The predicted octanol–water partition coefficient (Wildman–Crippen LogP) is 3.26. The molecule has 25 heavy (non-hydrogen) atoms. The molecule has 0 spiro atoms. The minimum absolute atomic E-state index is 0.0246. The summed E-state index contributed by atoms with van der Waals surface area (Å²) in [4.78, 5) is 14.6. The fraction of sp³-hybridized carbons (Fsp3) is 0.381. The zero-order valence-corrected chi connectivity index (χ0v) is 14.6. The van der Waals surface area contributed by atoms with Crippen LogP contribution in [0.5, 0.6) is 5.75 Å². The minimum atomic E-state index is 0.0246. The maximum atomic E-state index is 12.8. The van der Waals surface area contributed by atoms with Gasteiger partial charge in [-0.15, -0.1) is 0 Å². The molecule has 1 aliphatic rings. The molecule has 4 nitrogen and oxygen atoms in total. The Balaban J connectivity index is 1.60. The summed E-state index contributed by atoms with van der Waals surface area (Å²) in [5.74, 6) is 0.868. The lowest BCUT2D eigenvalue weighted by atomic mass is 9.96. The van der Waals surface area contributed by atoms with Gasteiger partial charge in [-0.1, -0.05) is 30.3 Å². The largest absolute Gasteiger partial charge is 0.490 e. The van der Waals surface area contributed by atoms with E-state index in [0.29, 0.717) is 31.3 Å². The van der Waals surface area contributed by atoms with E-state index in [1.165, 1.54) is 12.0 Å². The Morgan fingerprint density at radius 3 is 2.36 bits per heavy atom. The van der Waals surface area contributed by atoms with E-state index in [1.807, 2.05) is 47.4 Å². The molecule has 0 unspecified atom stereocenters.